The molecule has 0 unspecified atom stereocenters. The van der Waals surface area contributed by atoms with Crippen LogP contribution in [0.2, 0.25) is 0 Å². The first-order chi connectivity index (χ1) is 12.7. The van der Waals surface area contributed by atoms with E-state index in [2.05, 4.69) is 10.4 Å². The first kappa shape index (κ1) is 18.5. The van der Waals surface area contributed by atoms with Crippen LogP contribution in [0, 0.1) is 11.6 Å². The maximum atomic E-state index is 14.2. The van der Waals surface area contributed by atoms with Crippen molar-refractivity contribution in [2.75, 3.05) is 0 Å². The molecule has 0 aliphatic carbocycles. The van der Waals surface area contributed by atoms with Gasteiger partial charge in [0.05, 0.1) is 16.8 Å². The number of aromatic nitrogens is 4. The fourth-order valence-corrected chi connectivity index (χ4v) is 2.35. The molecule has 2 aromatic carbocycles. The van der Waals surface area contributed by atoms with Crippen LogP contribution in [0.25, 0.3) is 5.69 Å². The van der Waals surface area contributed by atoms with Crippen molar-refractivity contribution in [1.82, 2.24) is 19.8 Å². The van der Waals surface area contributed by atoms with E-state index in [-0.39, 0.29) is 11.3 Å². The van der Waals surface area contributed by atoms with Gasteiger partial charge in [-0.15, -0.1) is 0 Å². The largest absolute Gasteiger partial charge is 0.488 e. The molecule has 0 N–H and O–H groups in total. The molecule has 0 fully saturated rings. The number of aryl methyl sites for hydroxylation is 1. The second kappa shape index (κ2) is 6.82. The monoisotopic (exact) mass is 386 g/mol. The summed E-state index contributed by atoms with van der Waals surface area (Å²) in [5, 5.41) is 7.06. The summed E-state index contributed by atoms with van der Waals surface area (Å²) in [6.07, 6.45) is -4.79. The zero-order valence-electron chi connectivity index (χ0n) is 13.7. The van der Waals surface area contributed by atoms with Gasteiger partial charge in [0.1, 0.15) is 24.0 Å². The summed E-state index contributed by atoms with van der Waals surface area (Å²) in [6, 6.07) is 5.38. The molecule has 0 aliphatic heterocycles. The van der Waals surface area contributed by atoms with Gasteiger partial charge in [-0.2, -0.15) is 22.5 Å². The fourth-order valence-electron chi connectivity index (χ4n) is 2.35. The summed E-state index contributed by atoms with van der Waals surface area (Å²) >= 11 is 0. The minimum Gasteiger partial charge on any atom is -0.488 e. The topological polar surface area (TPSA) is 61.9 Å². The highest BCUT2D eigenvalue weighted by molar-refractivity contribution is 5.42. The second-order valence-corrected chi connectivity index (χ2v) is 5.46. The van der Waals surface area contributed by atoms with E-state index in [4.69, 9.17) is 4.74 Å². The Bertz CT molecular complexity index is 1040. The first-order valence-electron chi connectivity index (χ1n) is 7.45. The van der Waals surface area contributed by atoms with E-state index in [1.807, 2.05) is 0 Å². The normalized spacial score (nSPS) is 11.6. The third-order valence-corrected chi connectivity index (χ3v) is 3.67. The van der Waals surface area contributed by atoms with Crippen molar-refractivity contribution in [3.05, 3.63) is 69.6 Å². The lowest BCUT2D eigenvalue weighted by Gasteiger charge is -2.15. The van der Waals surface area contributed by atoms with E-state index in [0.29, 0.717) is 18.2 Å². The molecule has 0 saturated carbocycles. The Kier molecular flexibility index (Phi) is 4.68. The molecule has 0 bridgehead atoms. The smallest absolute Gasteiger partial charge is 0.419 e. The van der Waals surface area contributed by atoms with Crippen molar-refractivity contribution < 1.29 is 26.7 Å². The Hall–Kier alpha value is -3.24. The fraction of sp³-hybridized carbons (Fsp3) is 0.188. The highest BCUT2D eigenvalue weighted by Gasteiger charge is 2.34. The van der Waals surface area contributed by atoms with Gasteiger partial charge in [-0.3, -0.25) is 0 Å². The van der Waals surface area contributed by atoms with E-state index < -0.39 is 41.4 Å². The average Bonchev–Trinajstić information content (AvgIpc) is 2.91. The van der Waals surface area contributed by atoms with E-state index in [0.717, 1.165) is 15.4 Å². The van der Waals surface area contributed by atoms with Crippen molar-refractivity contribution in [1.29, 1.82) is 0 Å². The molecule has 0 atom stereocenters. The summed E-state index contributed by atoms with van der Waals surface area (Å²) < 4.78 is 73.4. The molecule has 11 heteroatoms. The van der Waals surface area contributed by atoms with Gasteiger partial charge in [0.25, 0.3) is 0 Å². The number of halogens is 5. The number of rotatable bonds is 4. The summed E-state index contributed by atoms with van der Waals surface area (Å²) in [6.45, 7) is -0.697. The molecule has 0 radical (unpaired) electrons. The van der Waals surface area contributed by atoms with Crippen LogP contribution in [-0.2, 0) is 19.8 Å². The molecule has 3 aromatic rings. The van der Waals surface area contributed by atoms with Crippen molar-refractivity contribution in [2.45, 2.75) is 12.8 Å². The van der Waals surface area contributed by atoms with E-state index in [1.54, 1.807) is 0 Å². The summed E-state index contributed by atoms with van der Waals surface area (Å²) in [4.78, 5) is 12.0. The van der Waals surface area contributed by atoms with Gasteiger partial charge in [-0.1, -0.05) is 6.07 Å². The lowest BCUT2D eigenvalue weighted by molar-refractivity contribution is -0.139. The molecule has 142 valence electrons. The van der Waals surface area contributed by atoms with Gasteiger partial charge in [0, 0.05) is 13.1 Å². The van der Waals surface area contributed by atoms with Crippen molar-refractivity contribution >= 4 is 0 Å². The van der Waals surface area contributed by atoms with Crippen LogP contribution in [0.4, 0.5) is 22.0 Å². The lowest BCUT2D eigenvalue weighted by Crippen LogP contribution is -2.23. The molecule has 3 rings (SSSR count). The van der Waals surface area contributed by atoms with Crippen LogP contribution < -0.4 is 10.4 Å². The van der Waals surface area contributed by atoms with Crippen LogP contribution >= 0.6 is 0 Å². The standard InChI is InChI=1S/C16H11F5N4O2/c1-24-15(26)25(23-22-24)13-4-2-3-12(18)10(13)8-27-14-7-9(17)5-6-11(14)16(19,20)21/h2-7H,8H2,1H3. The molecule has 0 aliphatic rings. The molecule has 0 saturated heterocycles. The molecule has 1 aromatic heterocycles. The summed E-state index contributed by atoms with van der Waals surface area (Å²) in [5.41, 5.74) is -2.20. The zero-order chi connectivity index (χ0) is 19.8. The van der Waals surface area contributed by atoms with Gasteiger partial charge >= 0.3 is 11.9 Å². The maximum Gasteiger partial charge on any atom is 0.419 e. The Labute approximate surface area is 148 Å². The van der Waals surface area contributed by atoms with E-state index in [1.165, 1.54) is 19.2 Å². The highest BCUT2D eigenvalue weighted by atomic mass is 19.4. The Balaban J connectivity index is 2.00. The van der Waals surface area contributed by atoms with Gasteiger partial charge in [-0.25, -0.2) is 13.6 Å². The third kappa shape index (κ3) is 3.66. The quantitative estimate of drug-likeness (QED) is 0.647. The third-order valence-electron chi connectivity index (χ3n) is 3.67. The molecule has 1 heterocycles. The second-order valence-electron chi connectivity index (χ2n) is 5.46. The molecule has 0 spiro atoms. The van der Waals surface area contributed by atoms with E-state index >= 15 is 0 Å². The number of tetrazole rings is 1. The predicted octanol–water partition coefficient (Wildman–Crippen LogP) is 2.84. The van der Waals surface area contributed by atoms with Gasteiger partial charge < -0.3 is 4.74 Å². The molecule has 6 nitrogen and oxygen atoms in total. The number of nitrogens with zero attached hydrogens (tertiary/aromatic N) is 4. The number of hydrogen-bond acceptors (Lipinski definition) is 4. The van der Waals surface area contributed by atoms with Gasteiger partial charge in [-0.05, 0) is 34.7 Å². The number of alkyl halides is 3. The molecular weight excluding hydrogens is 375 g/mol. The minimum atomic E-state index is -4.79. The number of benzene rings is 2. The predicted molar refractivity (Wildman–Crippen MR) is 82.3 cm³/mol. The van der Waals surface area contributed by atoms with Crippen LogP contribution in [-0.4, -0.2) is 19.8 Å². The van der Waals surface area contributed by atoms with Crippen molar-refractivity contribution in [2.24, 2.45) is 7.05 Å². The maximum absolute atomic E-state index is 14.2. The Morgan fingerprint density at radius 3 is 2.48 bits per heavy atom. The molecular formula is C16H11F5N4O2. The van der Waals surface area contributed by atoms with Crippen LogP contribution in [0.1, 0.15) is 11.1 Å². The van der Waals surface area contributed by atoms with Crippen molar-refractivity contribution in [3.8, 4) is 11.4 Å². The number of hydrogen-bond donors (Lipinski definition) is 0. The first-order valence-corrected chi connectivity index (χ1v) is 7.45. The zero-order valence-corrected chi connectivity index (χ0v) is 13.7. The molecule has 27 heavy (non-hydrogen) atoms. The van der Waals surface area contributed by atoms with E-state index in [9.17, 15) is 26.7 Å². The van der Waals surface area contributed by atoms with Crippen LogP contribution in [0.15, 0.2) is 41.2 Å². The van der Waals surface area contributed by atoms with Crippen molar-refractivity contribution in [3.63, 3.8) is 0 Å². The van der Waals surface area contributed by atoms with Gasteiger partial charge in [0.2, 0.25) is 0 Å². The average molecular weight is 386 g/mol. The summed E-state index contributed by atoms with van der Waals surface area (Å²) in [7, 11) is 1.32. The van der Waals surface area contributed by atoms with Crippen LogP contribution in [0.5, 0.6) is 5.75 Å². The minimum absolute atomic E-state index is 0.0574. The summed E-state index contributed by atoms with van der Waals surface area (Å²) in [5.74, 6) is -2.59. The van der Waals surface area contributed by atoms with Gasteiger partial charge in [0.15, 0.2) is 0 Å². The Morgan fingerprint density at radius 2 is 1.85 bits per heavy atom. The SMILES string of the molecule is Cn1nnn(-c2cccc(F)c2COc2cc(F)ccc2C(F)(F)F)c1=O. The highest BCUT2D eigenvalue weighted by Crippen LogP contribution is 2.37. The number of ether oxygens (including phenoxy) is 1. The Morgan fingerprint density at radius 1 is 1.11 bits per heavy atom. The molecule has 0 amide bonds. The lowest BCUT2D eigenvalue weighted by atomic mass is 10.1. The van der Waals surface area contributed by atoms with Crippen LogP contribution in [0.3, 0.4) is 0 Å².